The van der Waals surface area contributed by atoms with E-state index in [1.54, 1.807) is 0 Å². The van der Waals surface area contributed by atoms with Crippen molar-refractivity contribution in [2.75, 3.05) is 19.0 Å². The predicted octanol–water partition coefficient (Wildman–Crippen LogP) is 4.68. The Kier molecular flexibility index (Phi) is 12.8. The minimum atomic E-state index is -0.641. The van der Waals surface area contributed by atoms with Crippen molar-refractivity contribution in [2.45, 2.75) is 65.1 Å². The van der Waals surface area contributed by atoms with E-state index >= 15 is 0 Å². The van der Waals surface area contributed by atoms with Gasteiger partial charge in [0.05, 0.1) is 29.8 Å². The fraction of sp³-hybridized carbons (Fsp3) is 0.650. The highest BCUT2D eigenvalue weighted by Crippen LogP contribution is 2.30. The molecule has 0 saturated heterocycles. The van der Waals surface area contributed by atoms with Gasteiger partial charge in [0, 0.05) is 18.0 Å². The summed E-state index contributed by atoms with van der Waals surface area (Å²) in [5, 5.41) is 23.6. The van der Waals surface area contributed by atoms with E-state index < -0.39 is 11.0 Å². The van der Waals surface area contributed by atoms with Crippen molar-refractivity contribution in [3.05, 3.63) is 33.4 Å². The number of ether oxygens (including phenoxy) is 2. The van der Waals surface area contributed by atoms with Gasteiger partial charge in [0.1, 0.15) is 12.4 Å². The number of amides is 1. The molecule has 29 heavy (non-hydrogen) atoms. The van der Waals surface area contributed by atoms with E-state index in [2.05, 4.69) is 5.32 Å². The SMILES string of the molecule is CCCNC(=O)OCc1cc(CO)c(OCCCCCCCCCl)cc1[N+](=O)[O-]. The normalized spacial score (nSPS) is 10.6. The Morgan fingerprint density at radius 1 is 1.17 bits per heavy atom. The van der Waals surface area contributed by atoms with E-state index in [0.717, 1.165) is 44.9 Å². The largest absolute Gasteiger partial charge is 0.493 e. The summed E-state index contributed by atoms with van der Waals surface area (Å²) in [6, 6.07) is 2.74. The number of alkyl carbamates (subject to hydrolysis) is 1. The highest BCUT2D eigenvalue weighted by Gasteiger charge is 2.20. The van der Waals surface area contributed by atoms with Crippen LogP contribution in [-0.4, -0.2) is 35.2 Å². The zero-order chi connectivity index (χ0) is 21.5. The van der Waals surface area contributed by atoms with Crippen molar-refractivity contribution in [1.29, 1.82) is 0 Å². The van der Waals surface area contributed by atoms with Gasteiger partial charge in [-0.2, -0.15) is 0 Å². The van der Waals surface area contributed by atoms with Crippen molar-refractivity contribution in [1.82, 2.24) is 5.32 Å². The number of hydrogen-bond acceptors (Lipinski definition) is 6. The molecule has 164 valence electrons. The van der Waals surface area contributed by atoms with Gasteiger partial charge in [-0.1, -0.05) is 32.6 Å². The van der Waals surface area contributed by atoms with E-state index in [9.17, 15) is 20.0 Å². The summed E-state index contributed by atoms with van der Waals surface area (Å²) in [6.45, 7) is 2.18. The number of halogens is 1. The molecule has 0 heterocycles. The summed E-state index contributed by atoms with van der Waals surface area (Å²) in [5.41, 5.74) is 0.421. The highest BCUT2D eigenvalue weighted by molar-refractivity contribution is 6.17. The third kappa shape index (κ3) is 9.80. The van der Waals surface area contributed by atoms with E-state index in [0.29, 0.717) is 24.6 Å². The number of rotatable bonds is 15. The number of nitrogens with one attached hydrogen (secondary N) is 1. The van der Waals surface area contributed by atoms with Gasteiger partial charge in [-0.3, -0.25) is 10.1 Å². The number of hydrogen-bond donors (Lipinski definition) is 2. The molecular weight excluding hydrogens is 400 g/mol. The van der Waals surface area contributed by atoms with Crippen molar-refractivity contribution >= 4 is 23.4 Å². The average molecular weight is 431 g/mol. The number of unbranched alkanes of at least 4 members (excludes halogenated alkanes) is 5. The number of aliphatic hydroxyl groups is 1. The van der Waals surface area contributed by atoms with Crippen LogP contribution in [0.1, 0.15) is 63.0 Å². The molecule has 0 radical (unpaired) electrons. The molecule has 0 aliphatic rings. The minimum absolute atomic E-state index is 0.206. The van der Waals surface area contributed by atoms with Crippen LogP contribution in [-0.2, 0) is 18.0 Å². The molecule has 2 N–H and O–H groups in total. The second kappa shape index (κ2) is 14.9. The van der Waals surface area contributed by atoms with Crippen molar-refractivity contribution in [3.8, 4) is 5.75 Å². The van der Waals surface area contributed by atoms with Gasteiger partial charge in [0.2, 0.25) is 0 Å². The summed E-state index contributed by atoms with van der Waals surface area (Å²) >= 11 is 5.65. The zero-order valence-electron chi connectivity index (χ0n) is 17.0. The number of nitrogens with zero attached hydrogens (tertiary/aromatic N) is 1. The molecule has 1 amide bonds. The molecule has 0 fully saturated rings. The maximum Gasteiger partial charge on any atom is 0.407 e. The molecule has 0 saturated carbocycles. The summed E-state index contributed by atoms with van der Waals surface area (Å²) < 4.78 is 10.7. The molecule has 9 heteroatoms. The van der Waals surface area contributed by atoms with Crippen LogP contribution in [0, 0.1) is 10.1 Å². The standard InChI is InChI=1S/C20H31ClN2O6/c1-2-10-22-20(25)29-15-17-12-16(14-24)19(13-18(17)23(26)27)28-11-8-6-4-3-5-7-9-21/h12-13,24H,2-11,14-15H2,1H3,(H,22,25). The van der Waals surface area contributed by atoms with E-state index in [4.69, 9.17) is 21.1 Å². The van der Waals surface area contributed by atoms with Crippen LogP contribution in [0.15, 0.2) is 12.1 Å². The monoisotopic (exact) mass is 430 g/mol. The first kappa shape index (κ1) is 25.0. The molecule has 0 unspecified atom stereocenters. The van der Waals surface area contributed by atoms with Crippen LogP contribution < -0.4 is 10.1 Å². The summed E-state index contributed by atoms with van der Waals surface area (Å²) in [6.07, 6.45) is 6.29. The van der Waals surface area contributed by atoms with Gasteiger partial charge >= 0.3 is 6.09 Å². The predicted molar refractivity (Wildman–Crippen MR) is 111 cm³/mol. The Morgan fingerprint density at radius 2 is 1.86 bits per heavy atom. The van der Waals surface area contributed by atoms with Crippen LogP contribution in [0.2, 0.25) is 0 Å². The number of benzene rings is 1. The Morgan fingerprint density at radius 3 is 2.48 bits per heavy atom. The van der Waals surface area contributed by atoms with Gasteiger partial charge in [-0.25, -0.2) is 4.79 Å². The Balaban J connectivity index is 2.66. The molecule has 0 aliphatic carbocycles. The summed E-state index contributed by atoms with van der Waals surface area (Å²) in [5.74, 6) is 0.969. The third-order valence-electron chi connectivity index (χ3n) is 4.29. The topological polar surface area (TPSA) is 111 Å². The number of nitro benzene ring substituents is 1. The molecule has 8 nitrogen and oxygen atoms in total. The summed E-state index contributed by atoms with van der Waals surface area (Å²) in [7, 11) is 0. The molecule has 0 aromatic heterocycles. The lowest BCUT2D eigenvalue weighted by Crippen LogP contribution is -2.24. The van der Waals surface area contributed by atoms with Gasteiger partial charge in [-0.15, -0.1) is 11.6 Å². The number of alkyl halides is 1. The first-order chi connectivity index (χ1) is 14.0. The maximum atomic E-state index is 11.6. The lowest BCUT2D eigenvalue weighted by molar-refractivity contribution is -0.385. The highest BCUT2D eigenvalue weighted by atomic mass is 35.5. The minimum Gasteiger partial charge on any atom is -0.493 e. The van der Waals surface area contributed by atoms with Crippen LogP contribution in [0.3, 0.4) is 0 Å². The van der Waals surface area contributed by atoms with Gasteiger partial charge in [0.25, 0.3) is 5.69 Å². The Labute approximate surface area is 176 Å². The van der Waals surface area contributed by atoms with Crippen molar-refractivity contribution in [3.63, 3.8) is 0 Å². The quantitative estimate of drug-likeness (QED) is 0.181. The number of carbonyl (C=O) groups excluding carboxylic acids is 1. The molecule has 0 aliphatic heterocycles. The van der Waals surface area contributed by atoms with Gasteiger partial charge in [0.15, 0.2) is 0 Å². The van der Waals surface area contributed by atoms with Crippen LogP contribution >= 0.6 is 11.6 Å². The van der Waals surface area contributed by atoms with Crippen molar-refractivity contribution < 1.29 is 24.3 Å². The zero-order valence-corrected chi connectivity index (χ0v) is 17.7. The maximum absolute atomic E-state index is 11.6. The average Bonchev–Trinajstić information content (AvgIpc) is 2.72. The first-order valence-corrected chi connectivity index (χ1v) is 10.6. The molecule has 0 spiro atoms. The number of aliphatic hydroxyl groups excluding tert-OH is 1. The van der Waals surface area contributed by atoms with Crippen LogP contribution in [0.5, 0.6) is 5.75 Å². The smallest absolute Gasteiger partial charge is 0.407 e. The summed E-state index contributed by atoms with van der Waals surface area (Å²) in [4.78, 5) is 22.4. The fourth-order valence-corrected chi connectivity index (χ4v) is 2.90. The molecule has 0 atom stereocenters. The van der Waals surface area contributed by atoms with Gasteiger partial charge in [-0.05, 0) is 25.3 Å². The van der Waals surface area contributed by atoms with Crippen LogP contribution in [0.25, 0.3) is 0 Å². The second-order valence-corrected chi connectivity index (χ2v) is 7.04. The molecule has 1 aromatic carbocycles. The van der Waals surface area contributed by atoms with Crippen molar-refractivity contribution in [2.24, 2.45) is 0 Å². The number of carbonyl (C=O) groups is 1. The van der Waals surface area contributed by atoms with Gasteiger partial charge < -0.3 is 19.9 Å². The lowest BCUT2D eigenvalue weighted by Gasteiger charge is -2.13. The first-order valence-electron chi connectivity index (χ1n) is 10.0. The van der Waals surface area contributed by atoms with E-state index in [1.165, 1.54) is 12.1 Å². The van der Waals surface area contributed by atoms with E-state index in [-0.39, 0.29) is 30.2 Å². The number of nitro groups is 1. The molecular formula is C20H31ClN2O6. The second-order valence-electron chi connectivity index (χ2n) is 6.67. The van der Waals surface area contributed by atoms with E-state index in [1.807, 2.05) is 6.92 Å². The Hall–Kier alpha value is -2.06. The molecule has 1 rings (SSSR count). The fourth-order valence-electron chi connectivity index (χ4n) is 2.72. The third-order valence-corrected chi connectivity index (χ3v) is 4.56. The molecule has 1 aromatic rings. The lowest BCUT2D eigenvalue weighted by atomic mass is 10.1. The molecule has 0 bridgehead atoms. The van der Waals surface area contributed by atoms with Crippen LogP contribution in [0.4, 0.5) is 10.5 Å². The Bertz CT molecular complexity index is 642.